The maximum atomic E-state index is 13.8. The molecule has 41 heavy (non-hydrogen) atoms. The number of ether oxygens (including phenoxy) is 2. The highest BCUT2D eigenvalue weighted by molar-refractivity contribution is 6.09. The zero-order valence-electron chi connectivity index (χ0n) is 23.2. The number of aryl methyl sites for hydroxylation is 1. The van der Waals surface area contributed by atoms with Crippen molar-refractivity contribution in [3.63, 3.8) is 0 Å². The van der Waals surface area contributed by atoms with E-state index in [1.54, 1.807) is 49.7 Å². The quantitative estimate of drug-likeness (QED) is 0.370. The number of nitrogens with one attached hydrogen (secondary N) is 2. The summed E-state index contributed by atoms with van der Waals surface area (Å²) in [5, 5.41) is 6.26. The normalized spacial score (nSPS) is 16.6. The van der Waals surface area contributed by atoms with Crippen molar-refractivity contribution in [2.45, 2.75) is 45.6 Å². The molecule has 5 rings (SSSR count). The van der Waals surface area contributed by atoms with Gasteiger partial charge >= 0.3 is 0 Å². The smallest absolute Gasteiger partial charge is 0.255 e. The second-order valence-corrected chi connectivity index (χ2v) is 10.2. The minimum Gasteiger partial charge on any atom is -0.496 e. The number of methoxy groups -OCH3 is 1. The molecule has 9 nitrogen and oxygen atoms in total. The predicted molar refractivity (Wildman–Crippen MR) is 154 cm³/mol. The molecule has 0 saturated heterocycles. The maximum absolute atomic E-state index is 13.8. The molecule has 0 spiro atoms. The SMILES string of the molecule is COc1ccc([C@@H]2C(C(=O)Nc3cc(C)ccn3)=C(C)NC3=C2C(=O)CCC3)cc1COc1ccccc1C(N)=O. The van der Waals surface area contributed by atoms with Crippen LogP contribution in [0, 0.1) is 6.92 Å². The van der Waals surface area contributed by atoms with E-state index in [2.05, 4.69) is 15.6 Å². The van der Waals surface area contributed by atoms with Gasteiger partial charge in [-0.15, -0.1) is 0 Å². The van der Waals surface area contributed by atoms with E-state index in [1.807, 2.05) is 32.0 Å². The first-order valence-electron chi connectivity index (χ1n) is 13.4. The van der Waals surface area contributed by atoms with Crippen LogP contribution in [0.25, 0.3) is 0 Å². The summed E-state index contributed by atoms with van der Waals surface area (Å²) in [5.74, 6) is -0.175. The summed E-state index contributed by atoms with van der Waals surface area (Å²) in [7, 11) is 1.56. The van der Waals surface area contributed by atoms with E-state index in [-0.39, 0.29) is 23.9 Å². The average molecular weight is 553 g/mol. The van der Waals surface area contributed by atoms with Gasteiger partial charge < -0.3 is 25.8 Å². The molecule has 1 aromatic heterocycles. The lowest BCUT2D eigenvalue weighted by Crippen LogP contribution is -2.35. The minimum atomic E-state index is -0.605. The second-order valence-electron chi connectivity index (χ2n) is 10.2. The number of Topliss-reactive ketones (excluding diaryl/α,β-unsaturated/α-hetero) is 1. The lowest BCUT2D eigenvalue weighted by molar-refractivity contribution is -0.116. The van der Waals surface area contributed by atoms with Crippen LogP contribution in [0.4, 0.5) is 5.82 Å². The Bertz CT molecular complexity index is 1610. The van der Waals surface area contributed by atoms with Crippen LogP contribution in [0.15, 0.2) is 83.3 Å². The van der Waals surface area contributed by atoms with Gasteiger partial charge in [0.15, 0.2) is 5.78 Å². The number of anilines is 1. The lowest BCUT2D eigenvalue weighted by Gasteiger charge is -2.34. The molecule has 2 aromatic carbocycles. The van der Waals surface area contributed by atoms with E-state index in [1.165, 1.54) is 0 Å². The number of rotatable bonds is 8. The number of aromatic nitrogens is 1. The van der Waals surface area contributed by atoms with Crippen LogP contribution < -0.4 is 25.8 Å². The molecule has 1 aliphatic carbocycles. The zero-order chi connectivity index (χ0) is 29.1. The van der Waals surface area contributed by atoms with Crippen molar-refractivity contribution >= 4 is 23.4 Å². The van der Waals surface area contributed by atoms with Gasteiger partial charge in [0.1, 0.15) is 23.9 Å². The summed E-state index contributed by atoms with van der Waals surface area (Å²) in [6.45, 7) is 3.85. The van der Waals surface area contributed by atoms with Gasteiger partial charge in [-0.1, -0.05) is 18.2 Å². The molecule has 4 N–H and O–H groups in total. The van der Waals surface area contributed by atoms with Crippen LogP contribution in [0.1, 0.15) is 59.2 Å². The van der Waals surface area contributed by atoms with E-state index in [4.69, 9.17) is 15.2 Å². The van der Waals surface area contributed by atoms with Crippen LogP contribution in [-0.4, -0.2) is 29.7 Å². The topological polar surface area (TPSA) is 133 Å². The van der Waals surface area contributed by atoms with E-state index in [0.717, 1.165) is 29.7 Å². The molecule has 210 valence electrons. The lowest BCUT2D eigenvalue weighted by atomic mass is 9.74. The number of carbonyl (C=O) groups is 3. The minimum absolute atomic E-state index is 0.0132. The fraction of sp³-hybridized carbons (Fsp3) is 0.250. The molecule has 2 aliphatic rings. The maximum Gasteiger partial charge on any atom is 0.255 e. The summed E-state index contributed by atoms with van der Waals surface area (Å²) < 4.78 is 11.6. The van der Waals surface area contributed by atoms with Crippen molar-refractivity contribution in [3.8, 4) is 11.5 Å². The highest BCUT2D eigenvalue weighted by Gasteiger charge is 2.38. The number of hydrogen-bond donors (Lipinski definition) is 3. The number of ketones is 1. The molecule has 0 radical (unpaired) electrons. The van der Waals surface area contributed by atoms with Crippen LogP contribution >= 0.6 is 0 Å². The van der Waals surface area contributed by atoms with Crippen molar-refractivity contribution in [1.29, 1.82) is 0 Å². The Balaban J connectivity index is 1.55. The Hall–Kier alpha value is -4.92. The standard InChI is InChI=1S/C32H32N4O5/c1-18-13-14-34-27(15-18)36-32(39)28-19(2)35-23-8-6-9-24(37)30(23)29(28)20-11-12-25(40-3)21(16-20)17-41-26-10-5-4-7-22(26)31(33)38/h4-5,7,10-16,29,35H,6,8-9,17H2,1-3H3,(H2,33,38)(H,34,36,39)/t29-/m1/s1. The molecule has 0 bridgehead atoms. The number of amides is 2. The van der Waals surface area contributed by atoms with Crippen LogP contribution in [0.3, 0.4) is 0 Å². The first kappa shape index (κ1) is 27.6. The monoisotopic (exact) mass is 552 g/mol. The van der Waals surface area contributed by atoms with Gasteiger partial charge in [0, 0.05) is 46.6 Å². The number of hydrogen-bond acceptors (Lipinski definition) is 7. The number of dihydropyridines is 1. The third-order valence-electron chi connectivity index (χ3n) is 7.35. The number of carbonyl (C=O) groups excluding carboxylic acids is 3. The summed E-state index contributed by atoms with van der Waals surface area (Å²) in [5.41, 5.74) is 10.8. The molecule has 2 amide bonds. The number of benzene rings is 2. The molecule has 3 aromatic rings. The largest absolute Gasteiger partial charge is 0.496 e. The highest BCUT2D eigenvalue weighted by atomic mass is 16.5. The fourth-order valence-corrected chi connectivity index (χ4v) is 5.45. The molecule has 9 heteroatoms. The zero-order valence-corrected chi connectivity index (χ0v) is 23.2. The molecule has 0 unspecified atom stereocenters. The van der Waals surface area contributed by atoms with Crippen LogP contribution in [-0.2, 0) is 16.2 Å². The van der Waals surface area contributed by atoms with E-state index >= 15 is 0 Å². The van der Waals surface area contributed by atoms with Crippen LogP contribution in [0.5, 0.6) is 11.5 Å². The van der Waals surface area contributed by atoms with Gasteiger partial charge in [-0.2, -0.15) is 0 Å². The van der Waals surface area contributed by atoms with E-state index in [0.29, 0.717) is 46.1 Å². The predicted octanol–water partition coefficient (Wildman–Crippen LogP) is 4.68. The Morgan fingerprint density at radius 2 is 1.88 bits per heavy atom. The van der Waals surface area contributed by atoms with Crippen molar-refractivity contribution in [3.05, 3.63) is 106 Å². The van der Waals surface area contributed by atoms with Gasteiger partial charge in [-0.05, 0) is 74.2 Å². The summed E-state index contributed by atoms with van der Waals surface area (Å²) in [6, 6.07) is 16.0. The van der Waals surface area contributed by atoms with Gasteiger partial charge in [-0.3, -0.25) is 14.4 Å². The van der Waals surface area contributed by atoms with Crippen molar-refractivity contribution in [2.24, 2.45) is 5.73 Å². The molecule has 2 heterocycles. The number of pyridine rings is 1. The second kappa shape index (κ2) is 11.7. The van der Waals surface area contributed by atoms with Crippen molar-refractivity contribution in [1.82, 2.24) is 10.3 Å². The number of nitrogens with zero attached hydrogens (tertiary/aromatic N) is 1. The Kier molecular flexibility index (Phi) is 7.87. The third-order valence-corrected chi connectivity index (χ3v) is 7.35. The Morgan fingerprint density at radius 3 is 2.63 bits per heavy atom. The number of para-hydroxylation sites is 1. The van der Waals surface area contributed by atoms with Gasteiger partial charge in [0.2, 0.25) is 0 Å². The van der Waals surface area contributed by atoms with Gasteiger partial charge in [-0.25, -0.2) is 4.98 Å². The molecule has 1 atom stereocenters. The van der Waals surface area contributed by atoms with Crippen molar-refractivity contribution in [2.75, 3.05) is 12.4 Å². The third kappa shape index (κ3) is 5.70. The van der Waals surface area contributed by atoms with Crippen LogP contribution in [0.2, 0.25) is 0 Å². The summed E-state index contributed by atoms with van der Waals surface area (Å²) in [6.07, 6.45) is 3.53. The molecule has 0 fully saturated rings. The average Bonchev–Trinajstić information content (AvgIpc) is 2.95. The molecule has 0 saturated carbocycles. The molecule has 1 aliphatic heterocycles. The van der Waals surface area contributed by atoms with E-state index in [9.17, 15) is 14.4 Å². The Labute approximate surface area is 238 Å². The first-order chi connectivity index (χ1) is 19.8. The van der Waals surface area contributed by atoms with Gasteiger partial charge in [0.25, 0.3) is 11.8 Å². The van der Waals surface area contributed by atoms with Gasteiger partial charge in [0.05, 0.1) is 12.7 Å². The summed E-state index contributed by atoms with van der Waals surface area (Å²) in [4.78, 5) is 43.3. The van der Waals surface area contributed by atoms with E-state index < -0.39 is 11.8 Å². The molecular formula is C32H32N4O5. The number of primary amides is 1. The van der Waals surface area contributed by atoms with Crippen molar-refractivity contribution < 1.29 is 23.9 Å². The summed E-state index contributed by atoms with van der Waals surface area (Å²) >= 11 is 0. The fourth-order valence-electron chi connectivity index (χ4n) is 5.45. The first-order valence-corrected chi connectivity index (χ1v) is 13.4. The highest BCUT2D eigenvalue weighted by Crippen LogP contribution is 2.43. The number of allylic oxidation sites excluding steroid dienone is 3. The Morgan fingerprint density at radius 1 is 1.07 bits per heavy atom. The number of nitrogens with two attached hydrogens (primary N) is 1. The molecular weight excluding hydrogens is 520 g/mol.